The zero-order chi connectivity index (χ0) is 17.0. The number of aromatic amines is 1. The third-order valence-electron chi connectivity index (χ3n) is 2.71. The van der Waals surface area contributed by atoms with Gasteiger partial charge in [0.25, 0.3) is 5.82 Å². The van der Waals surface area contributed by atoms with E-state index in [1.165, 1.54) is 6.21 Å². The molecule has 0 fully saturated rings. The Labute approximate surface area is 135 Å². The number of halogens is 3. The average molecular weight is 344 g/mol. The molecular formula is C14H15F3N4OS. The van der Waals surface area contributed by atoms with E-state index in [0.717, 1.165) is 0 Å². The van der Waals surface area contributed by atoms with Crippen molar-refractivity contribution < 1.29 is 17.9 Å². The zero-order valence-corrected chi connectivity index (χ0v) is 13.3. The first kappa shape index (κ1) is 17.2. The van der Waals surface area contributed by atoms with Crippen molar-refractivity contribution in [1.82, 2.24) is 14.9 Å². The predicted octanol–water partition coefficient (Wildman–Crippen LogP) is 3.88. The van der Waals surface area contributed by atoms with Gasteiger partial charge in [0.2, 0.25) is 4.77 Å². The van der Waals surface area contributed by atoms with Gasteiger partial charge in [-0.1, -0.05) is 26.0 Å². The molecule has 2 aromatic rings. The number of H-pyrrole nitrogens is 1. The molecule has 0 aliphatic heterocycles. The first-order valence-electron chi connectivity index (χ1n) is 6.80. The second-order valence-electron chi connectivity index (χ2n) is 5.15. The average Bonchev–Trinajstić information content (AvgIpc) is 2.85. The predicted molar refractivity (Wildman–Crippen MR) is 82.2 cm³/mol. The number of aromatic nitrogens is 3. The number of rotatable bonds is 5. The van der Waals surface area contributed by atoms with Crippen LogP contribution in [0.25, 0.3) is 0 Å². The Morgan fingerprint density at radius 2 is 2.09 bits per heavy atom. The number of nitrogens with one attached hydrogen (secondary N) is 1. The maximum Gasteiger partial charge on any atom is 0.453 e. The molecule has 5 nitrogen and oxygen atoms in total. The monoisotopic (exact) mass is 344 g/mol. The number of hydrogen-bond donors (Lipinski definition) is 1. The Hall–Kier alpha value is -2.16. The van der Waals surface area contributed by atoms with Crippen molar-refractivity contribution in [2.45, 2.75) is 20.0 Å². The zero-order valence-electron chi connectivity index (χ0n) is 12.5. The van der Waals surface area contributed by atoms with Crippen LogP contribution in [0.2, 0.25) is 0 Å². The van der Waals surface area contributed by atoms with Crippen molar-refractivity contribution in [3.63, 3.8) is 0 Å². The highest BCUT2D eigenvalue weighted by Crippen LogP contribution is 2.27. The third-order valence-corrected chi connectivity index (χ3v) is 2.97. The summed E-state index contributed by atoms with van der Waals surface area (Å²) in [6.45, 7) is 4.48. The molecule has 0 atom stereocenters. The van der Waals surface area contributed by atoms with E-state index >= 15 is 0 Å². The fourth-order valence-corrected chi connectivity index (χ4v) is 1.86. The fourth-order valence-electron chi connectivity index (χ4n) is 1.68. The summed E-state index contributed by atoms with van der Waals surface area (Å²) in [5, 5.41) is 9.03. The van der Waals surface area contributed by atoms with Crippen LogP contribution < -0.4 is 4.74 Å². The summed E-state index contributed by atoms with van der Waals surface area (Å²) < 4.78 is 44.4. The van der Waals surface area contributed by atoms with Gasteiger partial charge in [-0.05, 0) is 30.3 Å². The van der Waals surface area contributed by atoms with Crippen molar-refractivity contribution in [2.24, 2.45) is 11.0 Å². The van der Waals surface area contributed by atoms with Crippen LogP contribution in [0.4, 0.5) is 13.2 Å². The van der Waals surface area contributed by atoms with Crippen LogP contribution in [0.1, 0.15) is 25.2 Å². The number of benzene rings is 1. The highest BCUT2D eigenvalue weighted by Gasteiger charge is 2.37. The molecule has 0 saturated heterocycles. The molecule has 0 spiro atoms. The first-order chi connectivity index (χ1) is 10.8. The molecule has 0 saturated carbocycles. The maximum absolute atomic E-state index is 12.8. The Bertz CT molecular complexity index is 749. The molecule has 9 heteroatoms. The minimum absolute atomic E-state index is 0.242. The summed E-state index contributed by atoms with van der Waals surface area (Å²) in [4.78, 5) is 0. The SMILES string of the molecule is CC(C)COc1ccccc1/C=N\n1c(C(F)(F)F)n[nH]c1=S. The first-order valence-corrected chi connectivity index (χ1v) is 7.20. The molecule has 2 rings (SSSR count). The Morgan fingerprint density at radius 3 is 2.74 bits per heavy atom. The van der Waals surface area contributed by atoms with Crippen LogP contribution in [0.3, 0.4) is 0 Å². The second kappa shape index (κ2) is 6.95. The van der Waals surface area contributed by atoms with Gasteiger partial charge in [0.15, 0.2) is 0 Å². The van der Waals surface area contributed by atoms with Gasteiger partial charge in [0.1, 0.15) is 5.75 Å². The van der Waals surface area contributed by atoms with Crippen molar-refractivity contribution in [3.05, 3.63) is 40.4 Å². The lowest BCUT2D eigenvalue weighted by Crippen LogP contribution is -2.13. The summed E-state index contributed by atoms with van der Waals surface area (Å²) in [7, 11) is 0. The van der Waals surface area contributed by atoms with Crippen LogP contribution in [-0.2, 0) is 6.18 Å². The van der Waals surface area contributed by atoms with Crippen LogP contribution in [0.15, 0.2) is 29.4 Å². The Morgan fingerprint density at radius 1 is 1.39 bits per heavy atom. The van der Waals surface area contributed by atoms with E-state index in [4.69, 9.17) is 17.0 Å². The highest BCUT2D eigenvalue weighted by molar-refractivity contribution is 7.71. The molecule has 1 aromatic heterocycles. The number of nitrogens with zero attached hydrogens (tertiary/aromatic N) is 3. The van der Waals surface area contributed by atoms with Gasteiger partial charge >= 0.3 is 6.18 Å². The lowest BCUT2D eigenvalue weighted by molar-refractivity contribution is -0.147. The van der Waals surface area contributed by atoms with Crippen LogP contribution in [-0.4, -0.2) is 27.7 Å². The maximum atomic E-state index is 12.8. The smallest absolute Gasteiger partial charge is 0.453 e. The van der Waals surface area contributed by atoms with Gasteiger partial charge in [-0.3, -0.25) is 0 Å². The Kier molecular flexibility index (Phi) is 5.19. The summed E-state index contributed by atoms with van der Waals surface area (Å²) in [5.41, 5.74) is 0.546. The van der Waals surface area contributed by atoms with Gasteiger partial charge in [-0.2, -0.15) is 22.9 Å². The number of para-hydroxylation sites is 1. The highest BCUT2D eigenvalue weighted by atomic mass is 32.1. The van der Waals surface area contributed by atoms with Gasteiger partial charge < -0.3 is 4.74 Å². The molecule has 0 bridgehead atoms. The van der Waals surface area contributed by atoms with Crippen molar-refractivity contribution in [2.75, 3.05) is 6.61 Å². The minimum Gasteiger partial charge on any atom is -0.493 e. The number of alkyl halides is 3. The van der Waals surface area contributed by atoms with Gasteiger partial charge in [-0.25, -0.2) is 5.10 Å². The second-order valence-corrected chi connectivity index (χ2v) is 5.54. The quantitative estimate of drug-likeness (QED) is 0.662. The van der Waals surface area contributed by atoms with E-state index in [1.54, 1.807) is 24.3 Å². The molecule has 0 amide bonds. The molecule has 23 heavy (non-hydrogen) atoms. The molecule has 1 heterocycles. The summed E-state index contributed by atoms with van der Waals surface area (Å²) in [5.74, 6) is -0.354. The molecule has 0 aliphatic rings. The van der Waals surface area contributed by atoms with E-state index in [2.05, 4.69) is 15.3 Å². The van der Waals surface area contributed by atoms with E-state index in [0.29, 0.717) is 28.5 Å². The normalized spacial score (nSPS) is 12.3. The molecule has 1 aromatic carbocycles. The Balaban J connectivity index is 2.32. The molecule has 0 aliphatic carbocycles. The molecular weight excluding hydrogens is 329 g/mol. The van der Waals surface area contributed by atoms with E-state index in [-0.39, 0.29) is 4.77 Å². The lowest BCUT2D eigenvalue weighted by atomic mass is 10.2. The van der Waals surface area contributed by atoms with Gasteiger partial charge in [-0.15, -0.1) is 5.10 Å². The molecule has 0 unspecified atom stereocenters. The standard InChI is InChI=1S/C14H15F3N4OS/c1-9(2)8-22-11-6-4-3-5-10(11)7-18-21-12(14(15,16)17)19-20-13(21)23/h3-7,9H,8H2,1-2H3,(H,20,23)/b18-7-. The fraction of sp³-hybridized carbons (Fsp3) is 0.357. The van der Waals surface area contributed by atoms with Crippen LogP contribution in [0.5, 0.6) is 5.75 Å². The largest absolute Gasteiger partial charge is 0.493 e. The number of ether oxygens (including phenoxy) is 1. The topological polar surface area (TPSA) is 55.2 Å². The van der Waals surface area contributed by atoms with Crippen LogP contribution in [0, 0.1) is 10.7 Å². The van der Waals surface area contributed by atoms with Crippen molar-refractivity contribution in [3.8, 4) is 5.75 Å². The van der Waals surface area contributed by atoms with Crippen LogP contribution >= 0.6 is 12.2 Å². The van der Waals surface area contributed by atoms with Crippen molar-refractivity contribution >= 4 is 18.4 Å². The lowest BCUT2D eigenvalue weighted by Gasteiger charge is -2.10. The van der Waals surface area contributed by atoms with Crippen molar-refractivity contribution in [1.29, 1.82) is 0 Å². The van der Waals surface area contributed by atoms with Gasteiger partial charge in [0, 0.05) is 5.56 Å². The molecule has 0 radical (unpaired) electrons. The summed E-state index contributed by atoms with van der Waals surface area (Å²) >= 11 is 4.78. The minimum atomic E-state index is -4.65. The summed E-state index contributed by atoms with van der Waals surface area (Å²) in [6.07, 6.45) is -3.39. The third kappa shape index (κ3) is 4.41. The van der Waals surface area contributed by atoms with E-state index in [1.807, 2.05) is 13.8 Å². The molecule has 124 valence electrons. The summed E-state index contributed by atoms with van der Waals surface area (Å²) in [6, 6.07) is 6.93. The van der Waals surface area contributed by atoms with E-state index < -0.39 is 12.0 Å². The van der Waals surface area contributed by atoms with Gasteiger partial charge in [0.05, 0.1) is 12.8 Å². The number of hydrogen-bond acceptors (Lipinski definition) is 4. The molecule has 1 N–H and O–H groups in total. The van der Waals surface area contributed by atoms with E-state index in [9.17, 15) is 13.2 Å².